The lowest BCUT2D eigenvalue weighted by Crippen LogP contribution is -2.24. The predicted octanol–water partition coefficient (Wildman–Crippen LogP) is 5.50. The fourth-order valence-corrected chi connectivity index (χ4v) is 5.14. The van der Waals surface area contributed by atoms with Crippen molar-refractivity contribution in [1.82, 2.24) is 25.4 Å². The number of aromatic nitrogens is 3. The summed E-state index contributed by atoms with van der Waals surface area (Å²) in [6.07, 6.45) is 6.91. The lowest BCUT2D eigenvalue weighted by Gasteiger charge is -2.23. The molecule has 1 saturated heterocycles. The number of ether oxygens (including phenoxy) is 1. The van der Waals surface area contributed by atoms with E-state index in [0.717, 1.165) is 59.2 Å². The van der Waals surface area contributed by atoms with Crippen LogP contribution < -0.4 is 10.6 Å². The minimum absolute atomic E-state index is 0.0556. The summed E-state index contributed by atoms with van der Waals surface area (Å²) in [5.41, 5.74) is 5.23. The minimum Gasteiger partial charge on any atom is -0.356 e. The van der Waals surface area contributed by atoms with Crippen molar-refractivity contribution < 1.29 is 14.3 Å². The number of fused-ring (bicyclic) bond motifs is 1. The number of nitrogens with one attached hydrogen (secondary N) is 2. The quantitative estimate of drug-likeness (QED) is 0.304. The zero-order valence-corrected chi connectivity index (χ0v) is 22.9. The maximum atomic E-state index is 13.1. The third-order valence-corrected chi connectivity index (χ3v) is 7.19. The number of nitrogens with zero attached hydrogens (tertiary/aromatic N) is 3. The smallest absolute Gasteiger partial charge is 0.253 e. The molecule has 3 heterocycles. The van der Waals surface area contributed by atoms with Crippen molar-refractivity contribution in [2.24, 2.45) is 0 Å². The summed E-state index contributed by atoms with van der Waals surface area (Å²) in [6.45, 7) is 4.44. The number of halogens is 1. The SMILES string of the molecule is CC(=O)N[C@H](C)c1ccc(Cc2cncc(C(=O)NCc3nn(C4CCCCO4)c4ccc(Cl)cc34)c2)cc1. The molecular formula is C30H32ClN5O3. The van der Waals surface area contributed by atoms with E-state index in [2.05, 4.69) is 15.6 Å². The molecule has 0 spiro atoms. The molecule has 39 heavy (non-hydrogen) atoms. The topological polar surface area (TPSA) is 98.1 Å². The number of pyridine rings is 1. The molecule has 9 heteroatoms. The van der Waals surface area contributed by atoms with Gasteiger partial charge in [0, 0.05) is 36.3 Å². The lowest BCUT2D eigenvalue weighted by atomic mass is 10.0. The van der Waals surface area contributed by atoms with Crippen molar-refractivity contribution in [3.63, 3.8) is 0 Å². The number of carbonyl (C=O) groups excluding carboxylic acids is 2. The molecular weight excluding hydrogens is 514 g/mol. The number of carbonyl (C=O) groups is 2. The molecule has 0 bridgehead atoms. The molecule has 2 aromatic heterocycles. The van der Waals surface area contributed by atoms with Gasteiger partial charge in [0.25, 0.3) is 5.91 Å². The Kier molecular flexibility index (Phi) is 8.24. The van der Waals surface area contributed by atoms with Crippen molar-refractivity contribution in [2.75, 3.05) is 6.61 Å². The second-order valence-corrected chi connectivity index (χ2v) is 10.4. The first-order valence-electron chi connectivity index (χ1n) is 13.2. The zero-order valence-electron chi connectivity index (χ0n) is 22.1. The van der Waals surface area contributed by atoms with Crippen LogP contribution in [0.25, 0.3) is 10.9 Å². The van der Waals surface area contributed by atoms with Gasteiger partial charge in [-0.15, -0.1) is 0 Å². The molecule has 1 aliphatic heterocycles. The van der Waals surface area contributed by atoms with Gasteiger partial charge >= 0.3 is 0 Å². The van der Waals surface area contributed by atoms with Crippen LogP contribution in [0, 0.1) is 0 Å². The van der Waals surface area contributed by atoms with Gasteiger partial charge < -0.3 is 15.4 Å². The Bertz CT molecular complexity index is 1480. The zero-order chi connectivity index (χ0) is 27.4. The summed E-state index contributed by atoms with van der Waals surface area (Å²) in [6, 6.07) is 15.6. The van der Waals surface area contributed by atoms with E-state index in [-0.39, 0.29) is 30.6 Å². The van der Waals surface area contributed by atoms with Gasteiger partial charge in [-0.1, -0.05) is 35.9 Å². The Balaban J connectivity index is 1.27. The highest BCUT2D eigenvalue weighted by Gasteiger charge is 2.21. The molecule has 5 rings (SSSR count). The van der Waals surface area contributed by atoms with Gasteiger partial charge in [0.15, 0.2) is 6.23 Å². The molecule has 0 radical (unpaired) electrons. The molecule has 2 amide bonds. The van der Waals surface area contributed by atoms with Crippen LogP contribution in [0.2, 0.25) is 5.02 Å². The summed E-state index contributed by atoms with van der Waals surface area (Å²) >= 11 is 6.29. The predicted molar refractivity (Wildman–Crippen MR) is 150 cm³/mol. The number of benzene rings is 2. The van der Waals surface area contributed by atoms with Crippen LogP contribution in [-0.4, -0.2) is 33.2 Å². The monoisotopic (exact) mass is 545 g/mol. The van der Waals surface area contributed by atoms with Crippen LogP contribution >= 0.6 is 11.6 Å². The fourth-order valence-electron chi connectivity index (χ4n) is 4.97. The number of hydrogen-bond donors (Lipinski definition) is 2. The minimum atomic E-state index is -0.220. The Labute approximate surface area is 232 Å². The Morgan fingerprint density at radius 1 is 1.10 bits per heavy atom. The molecule has 0 saturated carbocycles. The van der Waals surface area contributed by atoms with Crippen LogP contribution in [0.3, 0.4) is 0 Å². The molecule has 8 nitrogen and oxygen atoms in total. The van der Waals surface area contributed by atoms with E-state index >= 15 is 0 Å². The summed E-state index contributed by atoms with van der Waals surface area (Å²) < 4.78 is 7.87. The fraction of sp³-hybridized carbons (Fsp3) is 0.333. The normalized spacial score (nSPS) is 16.1. The number of hydrogen-bond acceptors (Lipinski definition) is 5. The summed E-state index contributed by atoms with van der Waals surface area (Å²) in [4.78, 5) is 28.7. The van der Waals surface area contributed by atoms with Gasteiger partial charge in [0.2, 0.25) is 5.91 Å². The summed E-state index contributed by atoms with van der Waals surface area (Å²) in [5.74, 6) is -0.279. The third-order valence-electron chi connectivity index (χ3n) is 6.95. The van der Waals surface area contributed by atoms with Gasteiger partial charge in [-0.2, -0.15) is 5.10 Å². The lowest BCUT2D eigenvalue weighted by molar-refractivity contribution is -0.119. The van der Waals surface area contributed by atoms with E-state index in [1.807, 2.05) is 60.1 Å². The van der Waals surface area contributed by atoms with E-state index < -0.39 is 0 Å². The maximum absolute atomic E-state index is 13.1. The first-order chi connectivity index (χ1) is 18.9. The Hall–Kier alpha value is -3.75. The van der Waals surface area contributed by atoms with Crippen LogP contribution in [0.1, 0.15) is 78.1 Å². The van der Waals surface area contributed by atoms with Gasteiger partial charge in [0.1, 0.15) is 0 Å². The van der Waals surface area contributed by atoms with E-state index in [1.165, 1.54) is 6.92 Å². The van der Waals surface area contributed by atoms with Gasteiger partial charge in [-0.3, -0.25) is 14.6 Å². The molecule has 0 aliphatic carbocycles. The average Bonchev–Trinajstić information content (AvgIpc) is 3.30. The standard InChI is InChI=1S/C30H32ClN5O3/c1-19(34-20(2)37)23-8-6-21(7-9-23)13-22-14-24(17-32-16-22)30(38)33-18-27-26-15-25(31)10-11-28(26)36(35-27)29-5-3-4-12-39-29/h6-11,14-17,19,29H,3-5,12-13,18H2,1-2H3,(H,33,38)(H,34,37)/t19-,29?/m1/s1. The Morgan fingerprint density at radius 2 is 1.92 bits per heavy atom. The van der Waals surface area contributed by atoms with Crippen molar-refractivity contribution in [3.8, 4) is 0 Å². The maximum Gasteiger partial charge on any atom is 0.253 e. The van der Waals surface area contributed by atoms with Crippen LogP contribution in [0.5, 0.6) is 0 Å². The molecule has 4 aromatic rings. The summed E-state index contributed by atoms with van der Waals surface area (Å²) in [5, 5.41) is 12.2. The number of rotatable bonds is 8. The Morgan fingerprint density at radius 3 is 2.67 bits per heavy atom. The van der Waals surface area contributed by atoms with E-state index in [0.29, 0.717) is 17.0 Å². The van der Waals surface area contributed by atoms with E-state index in [1.54, 1.807) is 12.4 Å². The van der Waals surface area contributed by atoms with Crippen molar-refractivity contribution in [1.29, 1.82) is 0 Å². The molecule has 202 valence electrons. The molecule has 2 aromatic carbocycles. The van der Waals surface area contributed by atoms with Gasteiger partial charge in [0.05, 0.1) is 29.4 Å². The van der Waals surface area contributed by atoms with Crippen molar-refractivity contribution in [2.45, 2.75) is 58.3 Å². The molecule has 1 aliphatic rings. The molecule has 2 atom stereocenters. The second-order valence-electron chi connectivity index (χ2n) is 9.98. The first kappa shape index (κ1) is 26.8. The number of amides is 2. The highest BCUT2D eigenvalue weighted by molar-refractivity contribution is 6.31. The average molecular weight is 546 g/mol. The third kappa shape index (κ3) is 6.46. The second kappa shape index (κ2) is 12.0. The first-order valence-corrected chi connectivity index (χ1v) is 13.6. The van der Waals surface area contributed by atoms with Crippen LogP contribution in [-0.2, 0) is 22.5 Å². The van der Waals surface area contributed by atoms with E-state index in [9.17, 15) is 9.59 Å². The van der Waals surface area contributed by atoms with Crippen LogP contribution in [0.4, 0.5) is 0 Å². The molecule has 1 fully saturated rings. The highest BCUT2D eigenvalue weighted by Crippen LogP contribution is 2.30. The van der Waals surface area contributed by atoms with Crippen molar-refractivity contribution >= 4 is 34.3 Å². The molecule has 1 unspecified atom stereocenters. The van der Waals surface area contributed by atoms with Gasteiger partial charge in [-0.25, -0.2) is 4.68 Å². The van der Waals surface area contributed by atoms with Crippen LogP contribution in [0.15, 0.2) is 60.9 Å². The van der Waals surface area contributed by atoms with Crippen molar-refractivity contribution in [3.05, 3.63) is 93.9 Å². The highest BCUT2D eigenvalue weighted by atomic mass is 35.5. The largest absolute Gasteiger partial charge is 0.356 e. The molecule has 2 N–H and O–H groups in total. The van der Waals surface area contributed by atoms with Gasteiger partial charge in [-0.05, 0) is 73.6 Å². The summed E-state index contributed by atoms with van der Waals surface area (Å²) in [7, 11) is 0. The van der Waals surface area contributed by atoms with E-state index in [4.69, 9.17) is 21.4 Å².